The molecule has 3 heteroatoms. The number of halogens is 1. The number of pyridine rings is 1. The van der Waals surface area contributed by atoms with E-state index < -0.39 is 0 Å². The van der Waals surface area contributed by atoms with Crippen LogP contribution in [0, 0.1) is 13.8 Å². The topological polar surface area (TPSA) is 38.9 Å². The lowest BCUT2D eigenvalue weighted by Gasteiger charge is -2.13. The predicted molar refractivity (Wildman–Crippen MR) is 78.5 cm³/mol. The zero-order valence-corrected chi connectivity index (χ0v) is 12.2. The van der Waals surface area contributed by atoms with Gasteiger partial charge in [-0.25, -0.2) is 0 Å². The monoisotopic (exact) mass is 304 g/mol. The molecule has 0 saturated carbocycles. The fraction of sp³-hybridized carbons (Fsp3) is 0.267. The predicted octanol–water partition coefficient (Wildman–Crippen LogP) is 3.70. The number of aromatic nitrogens is 1. The summed E-state index contributed by atoms with van der Waals surface area (Å²) in [6.07, 6.45) is 4.43. The number of rotatable bonds is 3. The van der Waals surface area contributed by atoms with E-state index >= 15 is 0 Å². The Labute approximate surface area is 116 Å². The van der Waals surface area contributed by atoms with Gasteiger partial charge in [-0.15, -0.1) is 0 Å². The molecule has 18 heavy (non-hydrogen) atoms. The maximum absolute atomic E-state index is 6.22. The molecule has 2 N–H and O–H groups in total. The van der Waals surface area contributed by atoms with Gasteiger partial charge in [-0.05, 0) is 64.5 Å². The Morgan fingerprint density at radius 3 is 2.61 bits per heavy atom. The molecule has 0 amide bonds. The highest BCUT2D eigenvalue weighted by Gasteiger charge is 2.08. The van der Waals surface area contributed by atoms with Crippen LogP contribution >= 0.6 is 15.9 Å². The Kier molecular flexibility index (Phi) is 4.15. The van der Waals surface area contributed by atoms with E-state index in [1.54, 1.807) is 6.20 Å². The summed E-state index contributed by atoms with van der Waals surface area (Å²) in [5, 5.41) is 0. The first-order chi connectivity index (χ1) is 8.56. The summed E-state index contributed by atoms with van der Waals surface area (Å²) < 4.78 is 0.968. The van der Waals surface area contributed by atoms with Gasteiger partial charge in [0.05, 0.1) is 0 Å². The Bertz CT molecular complexity index is 552. The number of hydrogen-bond acceptors (Lipinski definition) is 2. The zero-order chi connectivity index (χ0) is 13.1. The number of benzene rings is 1. The molecule has 0 bridgehead atoms. The number of hydrogen-bond donors (Lipinski definition) is 1. The minimum Gasteiger partial charge on any atom is -0.324 e. The second-order valence-corrected chi connectivity index (χ2v) is 5.58. The second-order valence-electron chi connectivity index (χ2n) is 4.67. The van der Waals surface area contributed by atoms with Crippen LogP contribution in [-0.4, -0.2) is 4.98 Å². The molecule has 0 aliphatic carbocycles. The summed E-state index contributed by atoms with van der Waals surface area (Å²) in [5.41, 5.74) is 11.2. The maximum atomic E-state index is 6.22. The lowest BCUT2D eigenvalue weighted by Crippen LogP contribution is -2.13. The molecule has 0 spiro atoms. The molecule has 2 aromatic rings. The van der Waals surface area contributed by atoms with Crippen LogP contribution in [0.2, 0.25) is 0 Å². The van der Waals surface area contributed by atoms with Crippen molar-refractivity contribution in [3.05, 3.63) is 63.4 Å². The number of nitrogens with two attached hydrogens (primary N) is 1. The van der Waals surface area contributed by atoms with Crippen LogP contribution in [-0.2, 0) is 6.42 Å². The van der Waals surface area contributed by atoms with Gasteiger partial charge in [0.1, 0.15) is 0 Å². The van der Waals surface area contributed by atoms with Crippen LogP contribution in [0.4, 0.5) is 0 Å². The maximum Gasteiger partial charge on any atom is 0.0410 e. The quantitative estimate of drug-likeness (QED) is 0.939. The third kappa shape index (κ3) is 3.18. The Morgan fingerprint density at radius 2 is 1.94 bits per heavy atom. The fourth-order valence-electron chi connectivity index (χ4n) is 1.93. The average Bonchev–Trinajstić information content (AvgIpc) is 2.34. The van der Waals surface area contributed by atoms with Crippen molar-refractivity contribution < 1.29 is 0 Å². The molecule has 0 aliphatic heterocycles. The van der Waals surface area contributed by atoms with Crippen molar-refractivity contribution in [1.29, 1.82) is 0 Å². The van der Waals surface area contributed by atoms with Gasteiger partial charge in [-0.2, -0.15) is 0 Å². The van der Waals surface area contributed by atoms with E-state index in [2.05, 4.69) is 53.0 Å². The summed E-state index contributed by atoms with van der Waals surface area (Å²) >= 11 is 3.42. The summed E-state index contributed by atoms with van der Waals surface area (Å²) in [6.45, 7) is 4.25. The minimum atomic E-state index is -0.0166. The molecule has 0 aliphatic rings. The summed E-state index contributed by atoms with van der Waals surface area (Å²) in [4.78, 5) is 4.15. The van der Waals surface area contributed by atoms with E-state index in [-0.39, 0.29) is 6.04 Å². The van der Waals surface area contributed by atoms with Gasteiger partial charge in [0.2, 0.25) is 0 Å². The molecule has 1 unspecified atom stereocenters. The SMILES string of the molecule is Cc1ccc(CC(N)c2cncc(Br)c2)cc1C. The van der Waals surface area contributed by atoms with Gasteiger partial charge in [-0.3, -0.25) is 4.98 Å². The van der Waals surface area contributed by atoms with Crippen molar-refractivity contribution in [2.45, 2.75) is 26.3 Å². The summed E-state index contributed by atoms with van der Waals surface area (Å²) in [5.74, 6) is 0. The molecule has 1 atom stereocenters. The van der Waals surface area contributed by atoms with Crippen molar-refractivity contribution in [3.63, 3.8) is 0 Å². The van der Waals surface area contributed by atoms with E-state index in [1.807, 2.05) is 12.3 Å². The van der Waals surface area contributed by atoms with Crippen molar-refractivity contribution in [3.8, 4) is 0 Å². The molecule has 2 nitrogen and oxygen atoms in total. The normalized spacial score (nSPS) is 12.4. The highest BCUT2D eigenvalue weighted by atomic mass is 79.9. The Hall–Kier alpha value is -1.19. The molecule has 1 aromatic carbocycles. The van der Waals surface area contributed by atoms with Gasteiger partial charge in [0.15, 0.2) is 0 Å². The Morgan fingerprint density at radius 1 is 1.17 bits per heavy atom. The zero-order valence-electron chi connectivity index (χ0n) is 10.7. The van der Waals surface area contributed by atoms with Crippen molar-refractivity contribution in [2.75, 3.05) is 0 Å². The molecular formula is C15H17BrN2. The Balaban J connectivity index is 2.16. The van der Waals surface area contributed by atoms with Gasteiger partial charge in [-0.1, -0.05) is 18.2 Å². The molecule has 1 heterocycles. The van der Waals surface area contributed by atoms with Crippen LogP contribution in [0.5, 0.6) is 0 Å². The number of aryl methyl sites for hydroxylation is 2. The van der Waals surface area contributed by atoms with Crippen LogP contribution < -0.4 is 5.73 Å². The largest absolute Gasteiger partial charge is 0.324 e. The van der Waals surface area contributed by atoms with Crippen LogP contribution in [0.1, 0.15) is 28.3 Å². The van der Waals surface area contributed by atoms with E-state index in [4.69, 9.17) is 5.73 Å². The van der Waals surface area contributed by atoms with E-state index in [9.17, 15) is 0 Å². The smallest absolute Gasteiger partial charge is 0.0410 e. The highest BCUT2D eigenvalue weighted by molar-refractivity contribution is 9.10. The average molecular weight is 305 g/mol. The highest BCUT2D eigenvalue weighted by Crippen LogP contribution is 2.20. The molecule has 0 saturated heterocycles. The van der Waals surface area contributed by atoms with E-state index in [1.165, 1.54) is 16.7 Å². The lowest BCUT2D eigenvalue weighted by atomic mass is 9.98. The summed E-state index contributed by atoms with van der Waals surface area (Å²) in [6, 6.07) is 8.51. The number of nitrogens with zero attached hydrogens (tertiary/aromatic N) is 1. The first-order valence-corrected chi connectivity index (χ1v) is 6.77. The second kappa shape index (κ2) is 5.63. The molecule has 1 aromatic heterocycles. The van der Waals surface area contributed by atoms with Crippen molar-refractivity contribution >= 4 is 15.9 Å². The van der Waals surface area contributed by atoms with Gasteiger partial charge < -0.3 is 5.73 Å². The van der Waals surface area contributed by atoms with E-state index in [0.29, 0.717) is 0 Å². The van der Waals surface area contributed by atoms with Crippen LogP contribution in [0.3, 0.4) is 0 Å². The molecule has 94 valence electrons. The standard InChI is InChI=1S/C15H17BrN2/c1-10-3-4-12(5-11(10)2)6-15(17)13-7-14(16)9-18-8-13/h3-5,7-9,15H,6,17H2,1-2H3. The lowest BCUT2D eigenvalue weighted by molar-refractivity contribution is 0.717. The van der Waals surface area contributed by atoms with Gasteiger partial charge >= 0.3 is 0 Å². The molecule has 0 fully saturated rings. The molecule has 0 radical (unpaired) electrons. The first kappa shape index (κ1) is 13.2. The minimum absolute atomic E-state index is 0.0166. The van der Waals surface area contributed by atoms with E-state index in [0.717, 1.165) is 16.5 Å². The van der Waals surface area contributed by atoms with Crippen molar-refractivity contribution in [1.82, 2.24) is 4.98 Å². The van der Waals surface area contributed by atoms with Gasteiger partial charge in [0, 0.05) is 22.9 Å². The molecular weight excluding hydrogens is 288 g/mol. The third-order valence-corrected chi connectivity index (χ3v) is 3.61. The van der Waals surface area contributed by atoms with Crippen molar-refractivity contribution in [2.24, 2.45) is 5.73 Å². The van der Waals surface area contributed by atoms with Gasteiger partial charge in [0.25, 0.3) is 0 Å². The van der Waals surface area contributed by atoms with Crippen LogP contribution in [0.15, 0.2) is 41.1 Å². The summed E-state index contributed by atoms with van der Waals surface area (Å²) in [7, 11) is 0. The third-order valence-electron chi connectivity index (χ3n) is 3.18. The first-order valence-electron chi connectivity index (χ1n) is 5.98. The molecule has 2 rings (SSSR count). The van der Waals surface area contributed by atoms with Crippen LogP contribution in [0.25, 0.3) is 0 Å². The fourth-order valence-corrected chi connectivity index (χ4v) is 2.32.